The molecule has 4 rings (SSSR count). The van der Waals surface area contributed by atoms with Crippen LogP contribution in [0.2, 0.25) is 10.0 Å². The van der Waals surface area contributed by atoms with Gasteiger partial charge in [0.1, 0.15) is 17.3 Å². The number of phenolic OH excluding ortho intramolecular Hbond substituents is 1. The number of Topliss-reactive ketones (excluding diaryl/α,β-unsaturated/α-hetero) is 1. The summed E-state index contributed by atoms with van der Waals surface area (Å²) in [6.45, 7) is 3.75. The van der Waals surface area contributed by atoms with Crippen LogP contribution in [0.15, 0.2) is 54.1 Å². The summed E-state index contributed by atoms with van der Waals surface area (Å²) in [4.78, 5) is 28.4. The molecule has 198 valence electrons. The van der Waals surface area contributed by atoms with E-state index in [9.17, 15) is 19.8 Å². The van der Waals surface area contributed by atoms with Gasteiger partial charge in [-0.15, -0.1) is 0 Å². The second kappa shape index (κ2) is 10.8. The van der Waals surface area contributed by atoms with E-state index in [2.05, 4.69) is 0 Å². The predicted molar refractivity (Wildman–Crippen MR) is 145 cm³/mol. The highest BCUT2D eigenvalue weighted by molar-refractivity contribution is 6.52. The smallest absolute Gasteiger partial charge is 0.300 e. The van der Waals surface area contributed by atoms with Crippen molar-refractivity contribution in [2.45, 2.75) is 19.9 Å². The lowest BCUT2D eigenvalue weighted by atomic mass is 9.94. The predicted octanol–water partition coefficient (Wildman–Crippen LogP) is 6.05. The third kappa shape index (κ3) is 4.61. The van der Waals surface area contributed by atoms with Crippen molar-refractivity contribution in [3.63, 3.8) is 0 Å². The van der Waals surface area contributed by atoms with Gasteiger partial charge < -0.3 is 24.4 Å². The molecule has 1 aliphatic heterocycles. The van der Waals surface area contributed by atoms with Gasteiger partial charge in [0, 0.05) is 16.8 Å². The normalized spacial score (nSPS) is 16.6. The SMILES string of the molecule is CCOc1cc(C2/C(=C(\O)c3cc(OC)c(Cl)cc3OC)C(=O)C(=O)N2c2cccc(Cl)c2C)ccc1O. The molecule has 1 heterocycles. The molecule has 3 aromatic rings. The number of halogens is 2. The molecule has 8 nitrogen and oxygen atoms in total. The Morgan fingerprint density at radius 2 is 1.68 bits per heavy atom. The maximum atomic E-state index is 13.6. The van der Waals surface area contributed by atoms with Gasteiger partial charge in [-0.1, -0.05) is 35.3 Å². The number of aliphatic hydroxyl groups excluding tert-OH is 1. The van der Waals surface area contributed by atoms with Crippen molar-refractivity contribution >= 4 is 46.3 Å². The number of methoxy groups -OCH3 is 2. The van der Waals surface area contributed by atoms with Crippen molar-refractivity contribution < 1.29 is 34.0 Å². The van der Waals surface area contributed by atoms with Gasteiger partial charge in [0.25, 0.3) is 11.7 Å². The molecule has 1 aliphatic rings. The molecule has 1 unspecified atom stereocenters. The van der Waals surface area contributed by atoms with Crippen molar-refractivity contribution in [2.24, 2.45) is 0 Å². The van der Waals surface area contributed by atoms with Gasteiger partial charge in [0.15, 0.2) is 11.5 Å². The summed E-state index contributed by atoms with van der Waals surface area (Å²) in [5.41, 5.74) is 1.26. The maximum Gasteiger partial charge on any atom is 0.300 e. The van der Waals surface area contributed by atoms with Crippen molar-refractivity contribution in [2.75, 3.05) is 25.7 Å². The highest BCUT2D eigenvalue weighted by Gasteiger charge is 2.48. The summed E-state index contributed by atoms with van der Waals surface area (Å²) in [7, 11) is 2.79. The van der Waals surface area contributed by atoms with Gasteiger partial charge in [-0.05, 0) is 55.3 Å². The van der Waals surface area contributed by atoms with E-state index in [0.717, 1.165) is 0 Å². The average Bonchev–Trinajstić information content (AvgIpc) is 3.16. The fraction of sp³-hybridized carbons (Fsp3) is 0.214. The minimum absolute atomic E-state index is 0.100. The van der Waals surface area contributed by atoms with Gasteiger partial charge in [-0.2, -0.15) is 0 Å². The number of rotatable bonds is 7. The van der Waals surface area contributed by atoms with Crippen LogP contribution in [0.25, 0.3) is 5.76 Å². The number of ketones is 1. The topological polar surface area (TPSA) is 106 Å². The quantitative estimate of drug-likeness (QED) is 0.207. The van der Waals surface area contributed by atoms with E-state index < -0.39 is 23.5 Å². The molecular weight excluding hydrogens is 533 g/mol. The highest BCUT2D eigenvalue weighted by Crippen LogP contribution is 2.47. The number of hydrogen-bond acceptors (Lipinski definition) is 7. The van der Waals surface area contributed by atoms with Gasteiger partial charge in [-0.3, -0.25) is 14.5 Å². The Balaban J connectivity index is 2.05. The maximum absolute atomic E-state index is 13.6. The Morgan fingerprint density at radius 1 is 0.974 bits per heavy atom. The van der Waals surface area contributed by atoms with Crippen LogP contribution in [0.4, 0.5) is 5.69 Å². The number of carbonyl (C=O) groups is 2. The zero-order chi connectivity index (χ0) is 27.7. The number of anilines is 1. The second-order valence-electron chi connectivity index (χ2n) is 8.40. The minimum Gasteiger partial charge on any atom is -0.507 e. The van der Waals surface area contributed by atoms with Crippen molar-refractivity contribution in [1.82, 2.24) is 0 Å². The summed E-state index contributed by atoms with van der Waals surface area (Å²) >= 11 is 12.6. The molecule has 0 spiro atoms. The molecular formula is C28H25Cl2NO7. The molecule has 1 saturated heterocycles. The second-order valence-corrected chi connectivity index (χ2v) is 9.21. The van der Waals surface area contributed by atoms with Gasteiger partial charge in [0.05, 0.1) is 43.0 Å². The lowest BCUT2D eigenvalue weighted by molar-refractivity contribution is -0.132. The van der Waals surface area contributed by atoms with Crippen LogP contribution in [-0.2, 0) is 9.59 Å². The Hall–Kier alpha value is -3.88. The van der Waals surface area contributed by atoms with Crippen LogP contribution in [0, 0.1) is 6.92 Å². The van der Waals surface area contributed by atoms with E-state index in [-0.39, 0.29) is 45.8 Å². The average molecular weight is 558 g/mol. The number of benzene rings is 3. The first-order valence-corrected chi connectivity index (χ1v) is 12.3. The largest absolute Gasteiger partial charge is 0.507 e. The minimum atomic E-state index is -1.10. The number of aliphatic hydroxyl groups is 1. The van der Waals surface area contributed by atoms with Crippen LogP contribution >= 0.6 is 23.2 Å². The van der Waals surface area contributed by atoms with Gasteiger partial charge >= 0.3 is 0 Å². The first-order chi connectivity index (χ1) is 18.1. The summed E-state index contributed by atoms with van der Waals surface area (Å²) < 4.78 is 16.2. The number of amides is 1. The number of ether oxygens (including phenoxy) is 3. The van der Waals surface area contributed by atoms with Crippen molar-refractivity contribution in [3.05, 3.63) is 80.8 Å². The molecule has 38 heavy (non-hydrogen) atoms. The summed E-state index contributed by atoms with van der Waals surface area (Å²) in [6, 6.07) is 11.2. The molecule has 0 saturated carbocycles. The van der Waals surface area contributed by atoms with E-state index >= 15 is 0 Å². The molecule has 10 heteroatoms. The number of hydrogen-bond donors (Lipinski definition) is 2. The van der Waals surface area contributed by atoms with Crippen LogP contribution in [0.3, 0.4) is 0 Å². The van der Waals surface area contributed by atoms with E-state index in [0.29, 0.717) is 21.8 Å². The van der Waals surface area contributed by atoms with E-state index in [1.165, 1.54) is 43.4 Å². The fourth-order valence-corrected chi connectivity index (χ4v) is 4.82. The Kier molecular flexibility index (Phi) is 7.76. The molecule has 0 aliphatic carbocycles. The third-order valence-electron chi connectivity index (χ3n) is 6.27. The molecule has 0 aromatic heterocycles. The number of phenols is 1. The summed E-state index contributed by atoms with van der Waals surface area (Å²) in [5.74, 6) is -1.85. The van der Waals surface area contributed by atoms with Crippen LogP contribution in [-0.4, -0.2) is 42.7 Å². The van der Waals surface area contributed by atoms with Crippen LogP contribution in [0.1, 0.15) is 29.7 Å². The third-order valence-corrected chi connectivity index (χ3v) is 6.98. The van der Waals surface area contributed by atoms with Crippen molar-refractivity contribution in [3.8, 4) is 23.0 Å². The number of carbonyl (C=O) groups excluding carboxylic acids is 2. The standard InChI is InChI=1S/C28H25Cl2NO7/c1-5-38-23-11-15(9-10-20(23)32)25-24(26(33)16-12-22(37-4)18(30)13-21(16)36-3)27(34)28(35)31(25)19-8-6-7-17(29)14(19)2/h6-13,25,32-33H,5H2,1-4H3/b26-24+. The van der Waals surface area contributed by atoms with E-state index in [4.69, 9.17) is 37.4 Å². The molecule has 2 N–H and O–H groups in total. The van der Waals surface area contributed by atoms with Crippen LogP contribution in [0.5, 0.6) is 23.0 Å². The van der Waals surface area contributed by atoms with Gasteiger partial charge in [-0.25, -0.2) is 0 Å². The van der Waals surface area contributed by atoms with Crippen LogP contribution < -0.4 is 19.1 Å². The Labute approximate surface area is 229 Å². The fourth-order valence-electron chi connectivity index (χ4n) is 4.42. The van der Waals surface area contributed by atoms with Gasteiger partial charge in [0.2, 0.25) is 0 Å². The Morgan fingerprint density at radius 3 is 2.34 bits per heavy atom. The molecule has 0 radical (unpaired) electrons. The molecule has 1 atom stereocenters. The van der Waals surface area contributed by atoms with Crippen molar-refractivity contribution in [1.29, 1.82) is 0 Å². The summed E-state index contributed by atoms with van der Waals surface area (Å²) in [6.07, 6.45) is 0. The Bertz CT molecular complexity index is 1470. The molecule has 1 fully saturated rings. The first-order valence-electron chi connectivity index (χ1n) is 11.6. The molecule has 3 aromatic carbocycles. The lowest BCUT2D eigenvalue weighted by Crippen LogP contribution is -2.30. The monoisotopic (exact) mass is 557 g/mol. The first kappa shape index (κ1) is 27.2. The zero-order valence-electron chi connectivity index (χ0n) is 21.0. The summed E-state index contributed by atoms with van der Waals surface area (Å²) in [5, 5.41) is 22.5. The number of nitrogens with zero attached hydrogens (tertiary/aromatic N) is 1. The van der Waals surface area contributed by atoms with E-state index in [1.807, 2.05) is 0 Å². The number of aromatic hydroxyl groups is 1. The lowest BCUT2D eigenvalue weighted by Gasteiger charge is -2.27. The molecule has 0 bridgehead atoms. The van der Waals surface area contributed by atoms with E-state index in [1.54, 1.807) is 38.1 Å². The highest BCUT2D eigenvalue weighted by atomic mass is 35.5. The molecule has 1 amide bonds. The zero-order valence-corrected chi connectivity index (χ0v) is 22.6.